The molecule has 0 saturated carbocycles. The van der Waals surface area contributed by atoms with Crippen LogP contribution in [0.5, 0.6) is 0 Å². The van der Waals surface area contributed by atoms with Crippen LogP contribution in [0.4, 0.5) is 10.1 Å². The van der Waals surface area contributed by atoms with Gasteiger partial charge in [0.05, 0.1) is 11.4 Å². The molecule has 2 N–H and O–H groups in total. The van der Waals surface area contributed by atoms with Crippen molar-refractivity contribution in [3.63, 3.8) is 0 Å². The van der Waals surface area contributed by atoms with Gasteiger partial charge in [-0.15, -0.1) is 5.10 Å². The van der Waals surface area contributed by atoms with Crippen molar-refractivity contribution in [2.45, 2.75) is 13.8 Å². The lowest BCUT2D eigenvalue weighted by atomic mass is 10.1. The van der Waals surface area contributed by atoms with Gasteiger partial charge < -0.3 is 5.73 Å². The molecule has 2 aromatic carbocycles. The van der Waals surface area contributed by atoms with Crippen LogP contribution in [-0.2, 0) is 0 Å². The number of nitrogens with two attached hydrogens (primary N) is 1. The zero-order valence-electron chi connectivity index (χ0n) is 11.7. The fraction of sp³-hybridized carbons (Fsp3) is 0.133. The molecule has 0 aliphatic carbocycles. The third kappa shape index (κ3) is 2.24. The summed E-state index contributed by atoms with van der Waals surface area (Å²) in [7, 11) is 0. The summed E-state index contributed by atoms with van der Waals surface area (Å²) < 4.78 is 14.9. The number of hydrogen-bond acceptors (Lipinski definition) is 4. The minimum Gasteiger partial charge on any atom is -0.396 e. The van der Waals surface area contributed by atoms with E-state index in [0.717, 1.165) is 16.8 Å². The Balaban J connectivity index is 2.17. The molecule has 1 heterocycles. The number of benzene rings is 2. The molecule has 0 atom stereocenters. The number of tetrazole rings is 1. The van der Waals surface area contributed by atoms with E-state index in [9.17, 15) is 4.39 Å². The Kier molecular flexibility index (Phi) is 3.13. The van der Waals surface area contributed by atoms with Gasteiger partial charge >= 0.3 is 0 Å². The molecule has 3 rings (SSSR count). The number of hydrogen-bond donors (Lipinski definition) is 1. The van der Waals surface area contributed by atoms with Gasteiger partial charge in [0.2, 0.25) is 0 Å². The first-order valence-electron chi connectivity index (χ1n) is 6.48. The largest absolute Gasteiger partial charge is 0.396 e. The molecule has 0 unspecified atom stereocenters. The fourth-order valence-electron chi connectivity index (χ4n) is 2.18. The summed E-state index contributed by atoms with van der Waals surface area (Å²) in [5.41, 5.74) is 9.47. The lowest BCUT2D eigenvalue weighted by molar-refractivity contribution is 0.632. The summed E-state index contributed by atoms with van der Waals surface area (Å²) >= 11 is 0. The van der Waals surface area contributed by atoms with E-state index >= 15 is 0 Å². The lowest BCUT2D eigenvalue weighted by Crippen LogP contribution is -2.03. The van der Waals surface area contributed by atoms with E-state index in [1.807, 2.05) is 32.0 Å². The number of nitrogens with zero attached hydrogens (tertiary/aromatic N) is 4. The third-order valence-corrected chi connectivity index (χ3v) is 3.53. The second-order valence-electron chi connectivity index (χ2n) is 4.87. The number of rotatable bonds is 2. The molecule has 1 aromatic heterocycles. The van der Waals surface area contributed by atoms with Gasteiger partial charge in [0.15, 0.2) is 5.82 Å². The predicted octanol–water partition coefficient (Wildman–Crippen LogP) is 2.67. The van der Waals surface area contributed by atoms with Crippen molar-refractivity contribution >= 4 is 5.69 Å². The van der Waals surface area contributed by atoms with E-state index in [2.05, 4.69) is 15.5 Å². The summed E-state index contributed by atoms with van der Waals surface area (Å²) in [6.45, 7) is 4.04. The van der Waals surface area contributed by atoms with Crippen molar-refractivity contribution in [3.8, 4) is 17.1 Å². The molecular formula is C15H14FN5. The molecule has 5 nitrogen and oxygen atoms in total. The first-order chi connectivity index (χ1) is 10.1. The van der Waals surface area contributed by atoms with Crippen LogP contribution in [0.25, 0.3) is 17.1 Å². The quantitative estimate of drug-likeness (QED) is 0.734. The Morgan fingerprint density at radius 3 is 2.71 bits per heavy atom. The van der Waals surface area contributed by atoms with Crippen molar-refractivity contribution in [2.75, 3.05) is 5.73 Å². The molecule has 106 valence electrons. The van der Waals surface area contributed by atoms with Crippen LogP contribution < -0.4 is 5.73 Å². The summed E-state index contributed by atoms with van der Waals surface area (Å²) in [4.78, 5) is 0. The van der Waals surface area contributed by atoms with Crippen molar-refractivity contribution < 1.29 is 4.39 Å². The van der Waals surface area contributed by atoms with E-state index in [1.165, 1.54) is 12.1 Å². The maximum Gasteiger partial charge on any atom is 0.187 e. The molecule has 0 saturated heterocycles. The highest BCUT2D eigenvalue weighted by Crippen LogP contribution is 2.25. The maximum atomic E-state index is 13.3. The highest BCUT2D eigenvalue weighted by molar-refractivity contribution is 5.63. The Labute approximate surface area is 121 Å². The summed E-state index contributed by atoms with van der Waals surface area (Å²) in [6, 6.07) is 10.4. The number of aryl methyl sites for hydroxylation is 1. The average Bonchev–Trinajstić information content (AvgIpc) is 2.94. The van der Waals surface area contributed by atoms with Gasteiger partial charge in [-0.05, 0) is 59.7 Å². The number of aromatic nitrogens is 4. The highest BCUT2D eigenvalue weighted by Gasteiger charge is 2.14. The van der Waals surface area contributed by atoms with Gasteiger partial charge in [-0.3, -0.25) is 0 Å². The van der Waals surface area contributed by atoms with Crippen LogP contribution in [0.1, 0.15) is 11.1 Å². The molecule has 6 heteroatoms. The number of nitrogen functional groups attached to an aromatic ring is 1. The van der Waals surface area contributed by atoms with Crippen LogP contribution >= 0.6 is 0 Å². The van der Waals surface area contributed by atoms with Gasteiger partial charge in [-0.2, -0.15) is 4.68 Å². The summed E-state index contributed by atoms with van der Waals surface area (Å²) in [6.07, 6.45) is 0. The minimum atomic E-state index is -0.454. The summed E-state index contributed by atoms with van der Waals surface area (Å²) in [5.74, 6) is 0.0694. The van der Waals surface area contributed by atoms with Gasteiger partial charge in [0.25, 0.3) is 0 Å². The SMILES string of the molecule is Cc1cccc(-n2nnnc2-c2ccc(F)c(N)c2)c1C. The summed E-state index contributed by atoms with van der Waals surface area (Å²) in [5, 5.41) is 11.8. The van der Waals surface area contributed by atoms with E-state index < -0.39 is 5.82 Å². The molecule has 21 heavy (non-hydrogen) atoms. The monoisotopic (exact) mass is 283 g/mol. The molecule has 0 spiro atoms. The van der Waals surface area contributed by atoms with Crippen molar-refractivity contribution in [2.24, 2.45) is 0 Å². The molecular weight excluding hydrogens is 269 g/mol. The van der Waals surface area contributed by atoms with Gasteiger partial charge in [0, 0.05) is 5.56 Å². The zero-order chi connectivity index (χ0) is 15.0. The zero-order valence-corrected chi connectivity index (χ0v) is 11.7. The average molecular weight is 283 g/mol. The van der Waals surface area contributed by atoms with Crippen LogP contribution in [-0.4, -0.2) is 20.2 Å². The van der Waals surface area contributed by atoms with Gasteiger partial charge in [0.1, 0.15) is 5.82 Å². The smallest absolute Gasteiger partial charge is 0.187 e. The van der Waals surface area contributed by atoms with Crippen LogP contribution in [0, 0.1) is 19.7 Å². The van der Waals surface area contributed by atoms with E-state index in [0.29, 0.717) is 11.4 Å². The highest BCUT2D eigenvalue weighted by atomic mass is 19.1. The third-order valence-electron chi connectivity index (χ3n) is 3.53. The maximum absolute atomic E-state index is 13.3. The Morgan fingerprint density at radius 1 is 1.14 bits per heavy atom. The standard InChI is InChI=1S/C15H14FN5/c1-9-4-3-5-14(10(9)2)21-15(18-19-20-21)11-6-7-12(16)13(17)8-11/h3-8H,17H2,1-2H3. The van der Waals surface area contributed by atoms with E-state index in [4.69, 9.17) is 5.73 Å². The molecule has 0 bridgehead atoms. The van der Waals surface area contributed by atoms with Gasteiger partial charge in [-0.1, -0.05) is 12.1 Å². The van der Waals surface area contributed by atoms with Crippen molar-refractivity contribution in [1.82, 2.24) is 20.2 Å². The second kappa shape index (κ2) is 4.97. The molecule has 0 amide bonds. The topological polar surface area (TPSA) is 69.6 Å². The molecule has 3 aromatic rings. The van der Waals surface area contributed by atoms with Crippen molar-refractivity contribution in [1.29, 1.82) is 0 Å². The minimum absolute atomic E-state index is 0.0722. The molecule has 0 aliphatic heterocycles. The fourth-order valence-corrected chi connectivity index (χ4v) is 2.18. The number of halogens is 1. The van der Waals surface area contributed by atoms with Crippen LogP contribution in [0.15, 0.2) is 36.4 Å². The van der Waals surface area contributed by atoms with Crippen LogP contribution in [0.2, 0.25) is 0 Å². The van der Waals surface area contributed by atoms with Gasteiger partial charge in [-0.25, -0.2) is 4.39 Å². The van der Waals surface area contributed by atoms with Crippen molar-refractivity contribution in [3.05, 3.63) is 53.3 Å². The first-order valence-corrected chi connectivity index (χ1v) is 6.48. The molecule has 0 radical (unpaired) electrons. The van der Waals surface area contributed by atoms with E-state index in [1.54, 1.807) is 10.7 Å². The van der Waals surface area contributed by atoms with Crippen LogP contribution in [0.3, 0.4) is 0 Å². The normalized spacial score (nSPS) is 10.8. The first kappa shape index (κ1) is 13.2. The Hall–Kier alpha value is -2.76. The number of anilines is 1. The molecule has 0 fully saturated rings. The Bertz CT molecular complexity index is 810. The molecule has 0 aliphatic rings. The predicted molar refractivity (Wildman–Crippen MR) is 78.4 cm³/mol. The second-order valence-corrected chi connectivity index (χ2v) is 4.87. The van der Waals surface area contributed by atoms with E-state index in [-0.39, 0.29) is 5.69 Å². The lowest BCUT2D eigenvalue weighted by Gasteiger charge is -2.10. The Morgan fingerprint density at radius 2 is 1.95 bits per heavy atom.